The zero-order valence-electron chi connectivity index (χ0n) is 11.9. The first-order valence-corrected chi connectivity index (χ1v) is 6.77. The first kappa shape index (κ1) is 14.6. The van der Waals surface area contributed by atoms with Crippen molar-refractivity contribution in [3.63, 3.8) is 0 Å². The van der Waals surface area contributed by atoms with Gasteiger partial charge in [0.1, 0.15) is 17.3 Å². The molecule has 0 fully saturated rings. The number of benzene rings is 2. The van der Waals surface area contributed by atoms with Crippen LogP contribution in [0.2, 0.25) is 0 Å². The molecule has 3 aromatic rings. The largest absolute Gasteiger partial charge is 0.478 e. The maximum atomic E-state index is 13.3. The monoisotopic (exact) mass is 309 g/mol. The number of hydrogen-bond acceptors (Lipinski definition) is 4. The number of nitrogens with two attached hydrogens (primary N) is 1. The van der Waals surface area contributed by atoms with Crippen LogP contribution in [-0.2, 0) is 0 Å². The average Bonchev–Trinajstić information content (AvgIpc) is 2.55. The number of aromatic carboxylic acids is 1. The van der Waals surface area contributed by atoms with Gasteiger partial charge < -0.3 is 10.8 Å². The van der Waals surface area contributed by atoms with Crippen molar-refractivity contribution >= 4 is 11.8 Å². The Labute approximate surface area is 131 Å². The van der Waals surface area contributed by atoms with E-state index in [4.69, 9.17) is 10.8 Å². The molecule has 0 unspecified atom stereocenters. The molecule has 0 radical (unpaired) electrons. The smallest absolute Gasteiger partial charge is 0.335 e. The second kappa shape index (κ2) is 5.84. The van der Waals surface area contributed by atoms with Crippen molar-refractivity contribution in [2.45, 2.75) is 0 Å². The Hall–Kier alpha value is -3.28. The standard InChI is InChI=1S/C17H12FN3O2/c18-13-3-1-2-12(8-13)14-9-20-16(19)15(21-14)10-4-6-11(7-5-10)17(22)23/h1-9H,(H2,19,20)(H,22,23). The van der Waals surface area contributed by atoms with Crippen molar-refractivity contribution in [3.8, 4) is 22.5 Å². The van der Waals surface area contributed by atoms with Gasteiger partial charge >= 0.3 is 5.97 Å². The lowest BCUT2D eigenvalue weighted by Gasteiger charge is -2.08. The van der Waals surface area contributed by atoms with Crippen molar-refractivity contribution in [1.82, 2.24) is 9.97 Å². The fourth-order valence-corrected chi connectivity index (χ4v) is 2.17. The lowest BCUT2D eigenvalue weighted by atomic mass is 10.1. The summed E-state index contributed by atoms with van der Waals surface area (Å²) in [4.78, 5) is 19.4. The second-order valence-electron chi connectivity index (χ2n) is 4.88. The van der Waals surface area contributed by atoms with E-state index in [0.29, 0.717) is 22.5 Å². The topological polar surface area (TPSA) is 89.1 Å². The normalized spacial score (nSPS) is 10.5. The van der Waals surface area contributed by atoms with Crippen LogP contribution in [0.15, 0.2) is 54.7 Å². The molecule has 114 valence electrons. The summed E-state index contributed by atoms with van der Waals surface area (Å²) >= 11 is 0. The van der Waals surface area contributed by atoms with Gasteiger partial charge in [-0.05, 0) is 24.3 Å². The van der Waals surface area contributed by atoms with E-state index in [1.54, 1.807) is 24.3 Å². The number of carboxylic acids is 1. The van der Waals surface area contributed by atoms with Gasteiger partial charge in [0.2, 0.25) is 0 Å². The van der Waals surface area contributed by atoms with E-state index in [9.17, 15) is 9.18 Å². The summed E-state index contributed by atoms with van der Waals surface area (Å²) in [6.07, 6.45) is 1.47. The van der Waals surface area contributed by atoms with Gasteiger partial charge in [-0.3, -0.25) is 0 Å². The molecule has 0 bridgehead atoms. The van der Waals surface area contributed by atoms with Crippen molar-refractivity contribution in [2.75, 3.05) is 5.73 Å². The maximum absolute atomic E-state index is 13.3. The molecule has 0 aliphatic heterocycles. The first-order valence-electron chi connectivity index (χ1n) is 6.77. The molecule has 0 saturated carbocycles. The fourth-order valence-electron chi connectivity index (χ4n) is 2.17. The van der Waals surface area contributed by atoms with Crippen LogP contribution >= 0.6 is 0 Å². The van der Waals surface area contributed by atoms with E-state index in [1.807, 2.05) is 0 Å². The van der Waals surface area contributed by atoms with Crippen LogP contribution in [0.3, 0.4) is 0 Å². The number of nitrogen functional groups attached to an aromatic ring is 1. The molecule has 3 N–H and O–H groups in total. The van der Waals surface area contributed by atoms with Crippen LogP contribution < -0.4 is 5.73 Å². The van der Waals surface area contributed by atoms with E-state index in [-0.39, 0.29) is 17.2 Å². The summed E-state index contributed by atoms with van der Waals surface area (Å²) in [6, 6.07) is 12.2. The molecule has 1 heterocycles. The molecule has 0 aliphatic carbocycles. The fraction of sp³-hybridized carbons (Fsp3) is 0. The molecule has 0 atom stereocenters. The molecule has 2 aromatic carbocycles. The molecule has 6 heteroatoms. The quantitative estimate of drug-likeness (QED) is 0.775. The maximum Gasteiger partial charge on any atom is 0.335 e. The zero-order valence-corrected chi connectivity index (χ0v) is 11.9. The van der Waals surface area contributed by atoms with Gasteiger partial charge in [-0.25, -0.2) is 19.2 Å². The summed E-state index contributed by atoms with van der Waals surface area (Å²) in [5.41, 5.74) is 8.16. The number of rotatable bonds is 3. The van der Waals surface area contributed by atoms with Gasteiger partial charge in [-0.1, -0.05) is 24.3 Å². The number of nitrogens with zero attached hydrogens (tertiary/aromatic N) is 2. The molecular formula is C17H12FN3O2. The summed E-state index contributed by atoms with van der Waals surface area (Å²) in [6.45, 7) is 0. The molecular weight excluding hydrogens is 297 g/mol. The van der Waals surface area contributed by atoms with E-state index in [0.717, 1.165) is 0 Å². The minimum absolute atomic E-state index is 0.168. The SMILES string of the molecule is Nc1ncc(-c2cccc(F)c2)nc1-c1ccc(C(=O)O)cc1. The number of carbonyl (C=O) groups is 1. The van der Waals surface area contributed by atoms with Crippen molar-refractivity contribution in [2.24, 2.45) is 0 Å². The third-order valence-corrected chi connectivity index (χ3v) is 3.33. The highest BCUT2D eigenvalue weighted by Gasteiger charge is 2.10. The van der Waals surface area contributed by atoms with Gasteiger partial charge in [0.25, 0.3) is 0 Å². The molecule has 5 nitrogen and oxygen atoms in total. The molecule has 1 aromatic heterocycles. The van der Waals surface area contributed by atoms with Crippen molar-refractivity contribution < 1.29 is 14.3 Å². The van der Waals surface area contributed by atoms with E-state index < -0.39 is 5.97 Å². The van der Waals surface area contributed by atoms with Crippen LogP contribution in [0.25, 0.3) is 22.5 Å². The summed E-state index contributed by atoms with van der Waals surface area (Å²) < 4.78 is 13.3. The Balaban J connectivity index is 2.05. The Kier molecular flexibility index (Phi) is 3.72. The van der Waals surface area contributed by atoms with Crippen molar-refractivity contribution in [1.29, 1.82) is 0 Å². The Bertz CT molecular complexity index is 879. The van der Waals surface area contributed by atoms with E-state index in [1.165, 1.54) is 30.5 Å². The highest BCUT2D eigenvalue weighted by Crippen LogP contribution is 2.26. The van der Waals surface area contributed by atoms with Crippen LogP contribution in [0.1, 0.15) is 10.4 Å². The van der Waals surface area contributed by atoms with Crippen molar-refractivity contribution in [3.05, 3.63) is 66.1 Å². The van der Waals surface area contributed by atoms with Crippen LogP contribution in [0, 0.1) is 5.82 Å². The average molecular weight is 309 g/mol. The summed E-state index contributed by atoms with van der Waals surface area (Å²) in [5.74, 6) is -1.16. The van der Waals surface area contributed by atoms with Crippen LogP contribution in [0.5, 0.6) is 0 Å². The second-order valence-corrected chi connectivity index (χ2v) is 4.88. The minimum atomic E-state index is -1.01. The molecule has 0 saturated heterocycles. The molecule has 0 spiro atoms. The third-order valence-electron chi connectivity index (χ3n) is 3.33. The van der Waals surface area contributed by atoms with Gasteiger partial charge in [0.15, 0.2) is 0 Å². The van der Waals surface area contributed by atoms with E-state index >= 15 is 0 Å². The number of carboxylic acid groups (broad SMARTS) is 1. The number of anilines is 1. The number of halogens is 1. The minimum Gasteiger partial charge on any atom is -0.478 e. The molecule has 0 amide bonds. The predicted octanol–water partition coefficient (Wildman–Crippen LogP) is 3.23. The Morgan fingerprint density at radius 2 is 1.83 bits per heavy atom. The lowest BCUT2D eigenvalue weighted by Crippen LogP contribution is -2.00. The highest BCUT2D eigenvalue weighted by molar-refractivity contribution is 5.88. The van der Waals surface area contributed by atoms with Gasteiger partial charge in [0, 0.05) is 11.1 Å². The van der Waals surface area contributed by atoms with Crippen LogP contribution in [0.4, 0.5) is 10.2 Å². The molecule has 3 rings (SSSR count). The summed E-state index contributed by atoms with van der Waals surface area (Å²) in [7, 11) is 0. The molecule has 23 heavy (non-hydrogen) atoms. The number of aromatic nitrogens is 2. The lowest BCUT2D eigenvalue weighted by molar-refractivity contribution is 0.0697. The van der Waals surface area contributed by atoms with Gasteiger partial charge in [-0.2, -0.15) is 0 Å². The van der Waals surface area contributed by atoms with Crippen LogP contribution in [-0.4, -0.2) is 21.0 Å². The van der Waals surface area contributed by atoms with E-state index in [2.05, 4.69) is 9.97 Å². The third kappa shape index (κ3) is 3.01. The highest BCUT2D eigenvalue weighted by atomic mass is 19.1. The van der Waals surface area contributed by atoms with Gasteiger partial charge in [0.05, 0.1) is 17.5 Å². The first-order chi connectivity index (χ1) is 11.0. The number of hydrogen-bond donors (Lipinski definition) is 2. The van der Waals surface area contributed by atoms with Gasteiger partial charge in [-0.15, -0.1) is 0 Å². The zero-order chi connectivity index (χ0) is 16.4. The molecule has 0 aliphatic rings. The summed E-state index contributed by atoms with van der Waals surface area (Å²) in [5, 5.41) is 8.93. The predicted molar refractivity (Wildman–Crippen MR) is 84.2 cm³/mol. The Morgan fingerprint density at radius 3 is 2.48 bits per heavy atom. The Morgan fingerprint density at radius 1 is 1.09 bits per heavy atom.